The van der Waals surface area contributed by atoms with Crippen molar-refractivity contribution in [3.05, 3.63) is 59.4 Å². The highest BCUT2D eigenvalue weighted by Crippen LogP contribution is 2.36. The van der Waals surface area contributed by atoms with Crippen LogP contribution in [0.1, 0.15) is 64.9 Å². The Balaban J connectivity index is 1.52. The zero-order chi connectivity index (χ0) is 21.7. The van der Waals surface area contributed by atoms with E-state index in [0.717, 1.165) is 50.8 Å². The van der Waals surface area contributed by atoms with Crippen molar-refractivity contribution >= 4 is 11.8 Å². The smallest absolute Gasteiger partial charge is 0.255 e. The molecule has 0 aliphatic carbocycles. The lowest BCUT2D eigenvalue weighted by Gasteiger charge is -2.43. The van der Waals surface area contributed by atoms with Gasteiger partial charge in [-0.05, 0) is 56.9 Å². The summed E-state index contributed by atoms with van der Waals surface area (Å²) in [5.41, 5.74) is 2.01. The minimum absolute atomic E-state index is 0.0303. The molecule has 0 saturated carbocycles. The normalized spacial score (nSPS) is 22.5. The van der Waals surface area contributed by atoms with E-state index in [2.05, 4.69) is 10.3 Å². The lowest BCUT2D eigenvalue weighted by molar-refractivity contribution is 0.0468. The summed E-state index contributed by atoms with van der Waals surface area (Å²) < 4.78 is 5.85. The maximum absolute atomic E-state index is 13.1. The van der Waals surface area contributed by atoms with E-state index >= 15 is 0 Å². The monoisotopic (exact) mass is 421 g/mol. The second kappa shape index (κ2) is 9.50. The van der Waals surface area contributed by atoms with Crippen LogP contribution in [-0.2, 0) is 0 Å². The number of carbonyl (C=O) groups excluding carboxylic acids is 2. The molecule has 1 N–H and O–H groups in total. The highest BCUT2D eigenvalue weighted by atomic mass is 16.5. The lowest BCUT2D eigenvalue weighted by atomic mass is 9.75. The predicted octanol–water partition coefficient (Wildman–Crippen LogP) is 4.00. The molecular weight excluding hydrogens is 390 g/mol. The number of rotatable bonds is 1. The third kappa shape index (κ3) is 5.06. The number of nitrogens with one attached hydrogen (secondary N) is 1. The third-order valence-corrected chi connectivity index (χ3v) is 6.47. The van der Waals surface area contributed by atoms with E-state index in [1.54, 1.807) is 6.20 Å². The Morgan fingerprint density at radius 2 is 1.94 bits per heavy atom. The maximum Gasteiger partial charge on any atom is 0.255 e. The van der Waals surface area contributed by atoms with Gasteiger partial charge in [0.2, 0.25) is 0 Å². The molecule has 6 nitrogen and oxygen atoms in total. The topological polar surface area (TPSA) is 71.5 Å². The number of carbonyl (C=O) groups is 2. The Bertz CT molecular complexity index is 928. The van der Waals surface area contributed by atoms with Gasteiger partial charge >= 0.3 is 0 Å². The first kappa shape index (κ1) is 21.3. The molecule has 0 bridgehead atoms. The Morgan fingerprint density at radius 1 is 1.10 bits per heavy atom. The number of aromatic nitrogens is 1. The first-order valence-corrected chi connectivity index (χ1v) is 11.3. The van der Waals surface area contributed by atoms with Gasteiger partial charge in [0.15, 0.2) is 0 Å². The number of hydrogen-bond donors (Lipinski definition) is 1. The first-order valence-electron chi connectivity index (χ1n) is 11.3. The standard InChI is InChI=1S/C25H31N3O3/c1-19-10-11-20(16-26-19)24(30)28-14-7-13-25(18-28)12-5-2-6-15-31-22-9-4-3-8-21(22)23(29)27-17-25/h3-4,8-11,16H,2,5-7,12-15,17-18H2,1H3,(H,27,29). The molecule has 2 aliphatic heterocycles. The molecule has 1 atom stereocenters. The van der Waals surface area contributed by atoms with Crippen molar-refractivity contribution in [1.82, 2.24) is 15.2 Å². The van der Waals surface area contributed by atoms with Crippen LogP contribution in [0.25, 0.3) is 0 Å². The van der Waals surface area contributed by atoms with Gasteiger partial charge in [-0.1, -0.05) is 25.0 Å². The van der Waals surface area contributed by atoms with E-state index in [9.17, 15) is 9.59 Å². The van der Waals surface area contributed by atoms with Crippen molar-refractivity contribution in [2.45, 2.75) is 45.4 Å². The van der Waals surface area contributed by atoms with Gasteiger partial charge in [0.1, 0.15) is 5.75 Å². The molecule has 1 fully saturated rings. The van der Waals surface area contributed by atoms with Gasteiger partial charge in [-0.25, -0.2) is 0 Å². The summed E-state index contributed by atoms with van der Waals surface area (Å²) in [5, 5.41) is 3.15. The van der Waals surface area contributed by atoms with E-state index in [-0.39, 0.29) is 17.2 Å². The molecule has 1 aromatic heterocycles. The second-order valence-corrected chi connectivity index (χ2v) is 8.86. The predicted molar refractivity (Wildman–Crippen MR) is 119 cm³/mol. The minimum atomic E-state index is -0.110. The summed E-state index contributed by atoms with van der Waals surface area (Å²) >= 11 is 0. The molecule has 0 radical (unpaired) electrons. The van der Waals surface area contributed by atoms with Gasteiger partial charge < -0.3 is 15.0 Å². The molecule has 6 heteroatoms. The molecular formula is C25H31N3O3. The van der Waals surface area contributed by atoms with Crippen LogP contribution in [0.3, 0.4) is 0 Å². The first-order chi connectivity index (χ1) is 15.1. The molecule has 2 aromatic rings. The highest BCUT2D eigenvalue weighted by molar-refractivity contribution is 5.97. The number of amides is 2. The Hall–Kier alpha value is -2.89. The van der Waals surface area contributed by atoms with Crippen LogP contribution in [0.15, 0.2) is 42.6 Å². The van der Waals surface area contributed by atoms with Crippen LogP contribution in [-0.4, -0.2) is 47.9 Å². The van der Waals surface area contributed by atoms with Gasteiger partial charge in [-0.2, -0.15) is 0 Å². The van der Waals surface area contributed by atoms with Crippen LogP contribution >= 0.6 is 0 Å². The van der Waals surface area contributed by atoms with E-state index in [4.69, 9.17) is 4.74 Å². The van der Waals surface area contributed by atoms with Gasteiger partial charge in [0.05, 0.1) is 17.7 Å². The number of hydrogen-bond acceptors (Lipinski definition) is 4. The van der Waals surface area contributed by atoms with Crippen molar-refractivity contribution in [1.29, 1.82) is 0 Å². The molecule has 2 amide bonds. The second-order valence-electron chi connectivity index (χ2n) is 8.86. The van der Waals surface area contributed by atoms with Crippen molar-refractivity contribution in [3.8, 4) is 5.75 Å². The number of aryl methyl sites for hydroxylation is 1. The number of pyridine rings is 1. The number of benzene rings is 1. The molecule has 31 heavy (non-hydrogen) atoms. The number of nitrogens with zero attached hydrogens (tertiary/aromatic N) is 2. The Morgan fingerprint density at radius 3 is 2.77 bits per heavy atom. The zero-order valence-corrected chi connectivity index (χ0v) is 18.2. The van der Waals surface area contributed by atoms with Crippen LogP contribution in [0, 0.1) is 12.3 Å². The SMILES string of the molecule is Cc1ccc(C(=O)N2CCCC3(CCCCCOc4ccccc4C(=O)NC3)C2)cn1. The third-order valence-electron chi connectivity index (χ3n) is 6.47. The lowest BCUT2D eigenvalue weighted by Crippen LogP contribution is -2.51. The number of para-hydroxylation sites is 1. The van der Waals surface area contributed by atoms with E-state index in [0.29, 0.717) is 36.6 Å². The average Bonchev–Trinajstić information content (AvgIpc) is 2.79. The summed E-state index contributed by atoms with van der Waals surface area (Å²) in [6, 6.07) is 11.1. The van der Waals surface area contributed by atoms with Crippen molar-refractivity contribution in [2.75, 3.05) is 26.2 Å². The van der Waals surface area contributed by atoms with Gasteiger partial charge in [-0.15, -0.1) is 0 Å². The van der Waals surface area contributed by atoms with Gasteiger partial charge in [-0.3, -0.25) is 14.6 Å². The highest BCUT2D eigenvalue weighted by Gasteiger charge is 2.37. The van der Waals surface area contributed by atoms with Crippen LogP contribution in [0.5, 0.6) is 5.75 Å². The number of piperidine rings is 1. The largest absolute Gasteiger partial charge is 0.493 e. The molecule has 1 unspecified atom stereocenters. The van der Waals surface area contributed by atoms with E-state index in [1.807, 2.05) is 48.2 Å². The molecule has 164 valence electrons. The van der Waals surface area contributed by atoms with Crippen LogP contribution in [0.2, 0.25) is 0 Å². The van der Waals surface area contributed by atoms with Crippen LogP contribution in [0.4, 0.5) is 0 Å². The average molecular weight is 422 g/mol. The molecule has 1 aromatic carbocycles. The molecule has 1 spiro atoms. The summed E-state index contributed by atoms with van der Waals surface area (Å²) in [4.78, 5) is 32.3. The van der Waals surface area contributed by atoms with E-state index in [1.165, 1.54) is 0 Å². The Kier molecular flexibility index (Phi) is 6.54. The minimum Gasteiger partial charge on any atom is -0.493 e. The summed E-state index contributed by atoms with van der Waals surface area (Å²) in [6.07, 6.45) is 7.72. The van der Waals surface area contributed by atoms with E-state index < -0.39 is 0 Å². The fraction of sp³-hybridized carbons (Fsp3) is 0.480. The number of ether oxygens (including phenoxy) is 1. The maximum atomic E-state index is 13.1. The Labute approximate surface area is 184 Å². The summed E-state index contributed by atoms with van der Waals surface area (Å²) in [7, 11) is 0. The number of fused-ring (bicyclic) bond motifs is 1. The van der Waals surface area contributed by atoms with Gasteiger partial charge in [0, 0.05) is 36.9 Å². The molecule has 4 rings (SSSR count). The summed E-state index contributed by atoms with van der Waals surface area (Å²) in [5.74, 6) is 0.562. The summed E-state index contributed by atoms with van der Waals surface area (Å²) in [6.45, 7) is 4.51. The van der Waals surface area contributed by atoms with Crippen LogP contribution < -0.4 is 10.1 Å². The quantitative estimate of drug-likeness (QED) is 0.756. The molecule has 1 saturated heterocycles. The molecule has 2 aliphatic rings. The fourth-order valence-corrected chi connectivity index (χ4v) is 4.70. The van der Waals surface area contributed by atoms with Crippen molar-refractivity contribution in [2.24, 2.45) is 5.41 Å². The number of likely N-dealkylation sites (tertiary alicyclic amines) is 1. The fourth-order valence-electron chi connectivity index (χ4n) is 4.70. The molecule has 3 heterocycles. The van der Waals surface area contributed by atoms with Crippen molar-refractivity contribution in [3.63, 3.8) is 0 Å². The van der Waals surface area contributed by atoms with Gasteiger partial charge in [0.25, 0.3) is 11.8 Å². The van der Waals surface area contributed by atoms with Crippen molar-refractivity contribution < 1.29 is 14.3 Å². The zero-order valence-electron chi connectivity index (χ0n) is 18.2.